The molecule has 0 amide bonds. The van der Waals surface area contributed by atoms with Gasteiger partial charge in [-0.25, -0.2) is 0 Å². The van der Waals surface area contributed by atoms with Crippen molar-refractivity contribution in [2.24, 2.45) is 0 Å². The fourth-order valence-corrected chi connectivity index (χ4v) is 4.14. The standard InChI is InChI=1S/C26H20O/c27-26-14-13-20(16-21(26)15-18-7-2-1-3-8-18)23-11-6-12-24-22-10-5-4-9-19(22)17-25(23)24/h1-14,16,27H,15,17H2. The highest BCUT2D eigenvalue weighted by Crippen LogP contribution is 2.42. The van der Waals surface area contributed by atoms with Gasteiger partial charge in [0.2, 0.25) is 0 Å². The Bertz CT molecular complexity index is 1130. The van der Waals surface area contributed by atoms with Gasteiger partial charge in [-0.3, -0.25) is 0 Å². The first-order chi connectivity index (χ1) is 13.3. The quantitative estimate of drug-likeness (QED) is 0.410. The lowest BCUT2D eigenvalue weighted by Crippen LogP contribution is -1.92. The van der Waals surface area contributed by atoms with E-state index in [4.69, 9.17) is 0 Å². The molecule has 130 valence electrons. The Labute approximate surface area is 159 Å². The number of hydrogen-bond donors (Lipinski definition) is 1. The third-order valence-electron chi connectivity index (χ3n) is 5.48. The van der Waals surface area contributed by atoms with E-state index < -0.39 is 0 Å². The minimum absolute atomic E-state index is 0.360. The molecule has 0 fully saturated rings. The summed E-state index contributed by atoms with van der Waals surface area (Å²) in [7, 11) is 0. The van der Waals surface area contributed by atoms with Crippen LogP contribution < -0.4 is 0 Å². The summed E-state index contributed by atoms with van der Waals surface area (Å²) in [6, 6.07) is 31.5. The Kier molecular flexibility index (Phi) is 3.79. The fourth-order valence-electron chi connectivity index (χ4n) is 4.14. The van der Waals surface area contributed by atoms with Crippen molar-refractivity contribution in [1.82, 2.24) is 0 Å². The minimum Gasteiger partial charge on any atom is -0.508 e. The molecule has 4 aromatic carbocycles. The lowest BCUT2D eigenvalue weighted by molar-refractivity contribution is 0.469. The van der Waals surface area contributed by atoms with Crippen LogP contribution in [0.25, 0.3) is 22.3 Å². The van der Waals surface area contributed by atoms with Crippen molar-refractivity contribution >= 4 is 0 Å². The molecule has 0 saturated heterocycles. The Hall–Kier alpha value is -3.32. The van der Waals surface area contributed by atoms with Gasteiger partial charge in [-0.1, -0.05) is 78.9 Å². The van der Waals surface area contributed by atoms with Gasteiger partial charge in [0.15, 0.2) is 0 Å². The van der Waals surface area contributed by atoms with Crippen LogP contribution >= 0.6 is 0 Å². The van der Waals surface area contributed by atoms with E-state index in [1.807, 2.05) is 30.3 Å². The predicted octanol–water partition coefficient (Wildman–Crippen LogP) is 6.22. The molecule has 5 rings (SSSR count). The van der Waals surface area contributed by atoms with Crippen LogP contribution in [0.2, 0.25) is 0 Å². The second-order valence-electron chi connectivity index (χ2n) is 7.17. The molecule has 1 nitrogen and oxygen atoms in total. The third-order valence-corrected chi connectivity index (χ3v) is 5.48. The smallest absolute Gasteiger partial charge is 0.119 e. The lowest BCUT2D eigenvalue weighted by atomic mass is 9.93. The van der Waals surface area contributed by atoms with Crippen LogP contribution in [0.3, 0.4) is 0 Å². The van der Waals surface area contributed by atoms with Crippen LogP contribution in [0.5, 0.6) is 5.75 Å². The first kappa shape index (κ1) is 15.9. The SMILES string of the molecule is Oc1ccc(-c2cccc3c2Cc2ccccc2-3)cc1Cc1ccccc1. The van der Waals surface area contributed by atoms with E-state index in [2.05, 4.69) is 60.7 Å². The second kappa shape index (κ2) is 6.44. The molecule has 0 radical (unpaired) electrons. The lowest BCUT2D eigenvalue weighted by Gasteiger charge is -2.12. The highest BCUT2D eigenvalue weighted by atomic mass is 16.3. The summed E-state index contributed by atoms with van der Waals surface area (Å²) >= 11 is 0. The van der Waals surface area contributed by atoms with Crippen molar-refractivity contribution in [2.45, 2.75) is 12.8 Å². The third kappa shape index (κ3) is 2.82. The molecule has 0 spiro atoms. The van der Waals surface area contributed by atoms with Gasteiger partial charge < -0.3 is 5.11 Å². The molecule has 1 aliphatic carbocycles. The zero-order valence-corrected chi connectivity index (χ0v) is 15.0. The Morgan fingerprint density at radius 1 is 0.667 bits per heavy atom. The molecule has 27 heavy (non-hydrogen) atoms. The summed E-state index contributed by atoms with van der Waals surface area (Å²) < 4.78 is 0. The van der Waals surface area contributed by atoms with Crippen LogP contribution in [-0.4, -0.2) is 5.11 Å². The van der Waals surface area contributed by atoms with E-state index >= 15 is 0 Å². The Morgan fingerprint density at radius 2 is 1.41 bits per heavy atom. The predicted molar refractivity (Wildman–Crippen MR) is 111 cm³/mol. The van der Waals surface area contributed by atoms with E-state index in [9.17, 15) is 5.11 Å². The van der Waals surface area contributed by atoms with E-state index in [0.29, 0.717) is 5.75 Å². The van der Waals surface area contributed by atoms with Gasteiger partial charge in [0.05, 0.1) is 0 Å². The van der Waals surface area contributed by atoms with Gasteiger partial charge >= 0.3 is 0 Å². The maximum absolute atomic E-state index is 10.4. The summed E-state index contributed by atoms with van der Waals surface area (Å²) in [4.78, 5) is 0. The average molecular weight is 348 g/mol. The molecular formula is C26H20O. The van der Waals surface area contributed by atoms with Gasteiger partial charge in [-0.05, 0) is 63.1 Å². The van der Waals surface area contributed by atoms with E-state index in [0.717, 1.165) is 18.4 Å². The first-order valence-corrected chi connectivity index (χ1v) is 9.36. The monoisotopic (exact) mass is 348 g/mol. The normalized spacial score (nSPS) is 11.9. The van der Waals surface area contributed by atoms with Crippen LogP contribution in [0.15, 0.2) is 91.0 Å². The summed E-state index contributed by atoms with van der Waals surface area (Å²) in [5.41, 5.74) is 10.1. The molecule has 1 N–H and O–H groups in total. The number of phenolic OH excluding ortho intramolecular Hbond substituents is 1. The van der Waals surface area contributed by atoms with E-state index in [1.54, 1.807) is 0 Å². The highest BCUT2D eigenvalue weighted by Gasteiger charge is 2.21. The number of benzene rings is 4. The van der Waals surface area contributed by atoms with Crippen LogP contribution in [0, 0.1) is 0 Å². The molecular weight excluding hydrogens is 328 g/mol. The average Bonchev–Trinajstić information content (AvgIpc) is 3.09. The number of phenols is 1. The zero-order chi connectivity index (χ0) is 18.2. The molecule has 0 heterocycles. The molecule has 0 unspecified atom stereocenters. The Balaban J connectivity index is 1.58. The van der Waals surface area contributed by atoms with Gasteiger partial charge in [0.25, 0.3) is 0 Å². The van der Waals surface area contributed by atoms with Gasteiger partial charge in [0.1, 0.15) is 5.75 Å². The number of rotatable bonds is 3. The van der Waals surface area contributed by atoms with Gasteiger partial charge in [0, 0.05) is 6.42 Å². The van der Waals surface area contributed by atoms with E-state index in [1.165, 1.54) is 38.9 Å². The van der Waals surface area contributed by atoms with E-state index in [-0.39, 0.29) is 0 Å². The number of aromatic hydroxyl groups is 1. The van der Waals surface area contributed by atoms with Crippen molar-refractivity contribution in [2.75, 3.05) is 0 Å². The maximum atomic E-state index is 10.4. The topological polar surface area (TPSA) is 20.2 Å². The van der Waals surface area contributed by atoms with Gasteiger partial charge in [-0.15, -0.1) is 0 Å². The molecule has 1 heteroatoms. The molecule has 0 aromatic heterocycles. The first-order valence-electron chi connectivity index (χ1n) is 9.36. The van der Waals surface area contributed by atoms with Crippen LogP contribution in [-0.2, 0) is 12.8 Å². The summed E-state index contributed by atoms with van der Waals surface area (Å²) in [6.07, 6.45) is 1.70. The van der Waals surface area contributed by atoms with Gasteiger partial charge in [-0.2, -0.15) is 0 Å². The second-order valence-corrected chi connectivity index (χ2v) is 7.17. The minimum atomic E-state index is 0.360. The van der Waals surface area contributed by atoms with Crippen molar-refractivity contribution in [1.29, 1.82) is 0 Å². The summed E-state index contributed by atoms with van der Waals surface area (Å²) in [6.45, 7) is 0. The zero-order valence-electron chi connectivity index (χ0n) is 15.0. The Morgan fingerprint density at radius 3 is 2.30 bits per heavy atom. The largest absolute Gasteiger partial charge is 0.508 e. The van der Waals surface area contributed by atoms with Crippen LogP contribution in [0.1, 0.15) is 22.3 Å². The highest BCUT2D eigenvalue weighted by molar-refractivity contribution is 5.85. The summed E-state index contributed by atoms with van der Waals surface area (Å²) in [5.74, 6) is 0.360. The molecule has 0 atom stereocenters. The molecule has 1 aliphatic rings. The molecule has 0 bridgehead atoms. The molecule has 4 aromatic rings. The van der Waals surface area contributed by atoms with Crippen molar-refractivity contribution in [3.63, 3.8) is 0 Å². The molecule has 0 aliphatic heterocycles. The van der Waals surface area contributed by atoms with Crippen molar-refractivity contribution in [3.8, 4) is 28.0 Å². The van der Waals surface area contributed by atoms with Crippen molar-refractivity contribution < 1.29 is 5.11 Å². The molecule has 0 saturated carbocycles. The number of hydrogen-bond acceptors (Lipinski definition) is 1. The van der Waals surface area contributed by atoms with Crippen molar-refractivity contribution in [3.05, 3.63) is 113 Å². The number of fused-ring (bicyclic) bond motifs is 3. The summed E-state index contributed by atoms with van der Waals surface area (Å²) in [5, 5.41) is 10.4. The maximum Gasteiger partial charge on any atom is 0.119 e. The fraction of sp³-hybridized carbons (Fsp3) is 0.0769. The van der Waals surface area contributed by atoms with Crippen LogP contribution in [0.4, 0.5) is 0 Å².